The number of rotatable bonds is 7. The van der Waals surface area contributed by atoms with Gasteiger partial charge in [-0.25, -0.2) is 0 Å². The minimum atomic E-state index is 0.536. The summed E-state index contributed by atoms with van der Waals surface area (Å²) in [6, 6.07) is 8.24. The number of hydrogen-bond acceptors (Lipinski definition) is 2. The van der Waals surface area contributed by atoms with Crippen LogP contribution in [0, 0.1) is 0 Å². The predicted octanol–water partition coefficient (Wildman–Crippen LogP) is 5.29. The molecule has 0 spiro atoms. The fraction of sp³-hybridized carbons (Fsp3) is 0.562. The van der Waals surface area contributed by atoms with Crippen LogP contribution < -0.4 is 0 Å². The Morgan fingerprint density at radius 1 is 1.06 bits per heavy atom. The van der Waals surface area contributed by atoms with Crippen molar-refractivity contribution in [1.29, 1.82) is 0 Å². The molecule has 2 heteroatoms. The Balaban J connectivity index is 2.18. The maximum Gasteiger partial charge on any atom is 0.147 e. The standard InChI is InChI=1S/C16H23NO/c1-3-5-6-10-13(9-4-2)16-14-11-7-8-12-15(14)17-18-16/h7-8,11-13H,3-6,9-10H2,1-2H3. The van der Waals surface area contributed by atoms with Crippen molar-refractivity contribution in [3.63, 3.8) is 0 Å². The van der Waals surface area contributed by atoms with Crippen molar-refractivity contribution < 1.29 is 4.52 Å². The molecule has 0 aliphatic heterocycles. The minimum absolute atomic E-state index is 0.536. The van der Waals surface area contributed by atoms with Gasteiger partial charge in [0.2, 0.25) is 0 Å². The van der Waals surface area contributed by atoms with Gasteiger partial charge in [0.25, 0.3) is 0 Å². The molecule has 18 heavy (non-hydrogen) atoms. The second-order valence-corrected chi connectivity index (χ2v) is 5.05. The van der Waals surface area contributed by atoms with E-state index < -0.39 is 0 Å². The van der Waals surface area contributed by atoms with Crippen LogP contribution in [0.3, 0.4) is 0 Å². The summed E-state index contributed by atoms with van der Waals surface area (Å²) in [6.45, 7) is 4.49. The van der Waals surface area contributed by atoms with Crippen LogP contribution in [0.2, 0.25) is 0 Å². The lowest BCUT2D eigenvalue weighted by molar-refractivity contribution is 0.347. The van der Waals surface area contributed by atoms with E-state index in [0.717, 1.165) is 11.3 Å². The first-order chi connectivity index (χ1) is 8.86. The van der Waals surface area contributed by atoms with Gasteiger partial charge >= 0.3 is 0 Å². The SMILES string of the molecule is CCCCCC(CCC)c1onc2ccccc12. The molecule has 0 saturated heterocycles. The molecule has 0 saturated carbocycles. The topological polar surface area (TPSA) is 26.0 Å². The molecule has 1 heterocycles. The molecule has 1 aromatic carbocycles. The van der Waals surface area contributed by atoms with Gasteiger partial charge < -0.3 is 4.52 Å². The third-order valence-electron chi connectivity index (χ3n) is 3.58. The summed E-state index contributed by atoms with van der Waals surface area (Å²) >= 11 is 0. The normalized spacial score (nSPS) is 13.0. The largest absolute Gasteiger partial charge is 0.360 e. The first-order valence-electron chi connectivity index (χ1n) is 7.21. The summed E-state index contributed by atoms with van der Waals surface area (Å²) in [5.74, 6) is 1.64. The summed E-state index contributed by atoms with van der Waals surface area (Å²) in [6.07, 6.45) is 7.49. The third kappa shape index (κ3) is 2.92. The molecule has 2 aromatic rings. The van der Waals surface area contributed by atoms with Crippen LogP contribution in [0.15, 0.2) is 28.8 Å². The number of hydrogen-bond donors (Lipinski definition) is 0. The molecule has 1 aromatic heterocycles. The molecule has 1 unspecified atom stereocenters. The quantitative estimate of drug-likeness (QED) is 0.619. The van der Waals surface area contributed by atoms with Crippen LogP contribution in [0.5, 0.6) is 0 Å². The lowest BCUT2D eigenvalue weighted by Crippen LogP contribution is -1.98. The summed E-state index contributed by atoms with van der Waals surface area (Å²) in [5, 5.41) is 5.38. The highest BCUT2D eigenvalue weighted by molar-refractivity contribution is 5.80. The van der Waals surface area contributed by atoms with Crippen LogP contribution in [0.4, 0.5) is 0 Å². The molecule has 1 atom stereocenters. The fourth-order valence-electron chi connectivity index (χ4n) is 2.60. The summed E-state index contributed by atoms with van der Waals surface area (Å²) in [7, 11) is 0. The van der Waals surface area contributed by atoms with Gasteiger partial charge in [-0.15, -0.1) is 0 Å². The molecule has 2 nitrogen and oxygen atoms in total. The van der Waals surface area contributed by atoms with Gasteiger partial charge in [-0.05, 0) is 25.0 Å². The van der Waals surface area contributed by atoms with Gasteiger partial charge in [-0.1, -0.05) is 56.8 Å². The molecule has 0 bridgehead atoms. The molecule has 2 rings (SSSR count). The Bertz CT molecular complexity index is 475. The molecule has 0 fully saturated rings. The average molecular weight is 245 g/mol. The molecule has 98 valence electrons. The molecule has 0 aliphatic rings. The zero-order valence-corrected chi connectivity index (χ0v) is 11.5. The van der Waals surface area contributed by atoms with E-state index in [4.69, 9.17) is 4.52 Å². The number of unbranched alkanes of at least 4 members (excludes halogenated alkanes) is 2. The van der Waals surface area contributed by atoms with E-state index in [0.29, 0.717) is 5.92 Å². The zero-order valence-electron chi connectivity index (χ0n) is 11.5. The van der Waals surface area contributed by atoms with Crippen LogP contribution in [0.25, 0.3) is 10.9 Å². The maximum atomic E-state index is 5.61. The van der Waals surface area contributed by atoms with E-state index in [1.807, 2.05) is 12.1 Å². The number of aromatic nitrogens is 1. The van der Waals surface area contributed by atoms with Gasteiger partial charge in [0.15, 0.2) is 0 Å². The first-order valence-corrected chi connectivity index (χ1v) is 7.21. The second kappa shape index (κ2) is 6.58. The van der Waals surface area contributed by atoms with Crippen LogP contribution >= 0.6 is 0 Å². The van der Waals surface area contributed by atoms with Crippen molar-refractivity contribution in [2.24, 2.45) is 0 Å². The highest BCUT2D eigenvalue weighted by atomic mass is 16.5. The molecule has 0 N–H and O–H groups in total. The molecular formula is C16H23NO. The van der Waals surface area contributed by atoms with Crippen molar-refractivity contribution >= 4 is 10.9 Å². The third-order valence-corrected chi connectivity index (χ3v) is 3.58. The minimum Gasteiger partial charge on any atom is -0.360 e. The number of benzene rings is 1. The van der Waals surface area contributed by atoms with Gasteiger partial charge in [-0.2, -0.15) is 0 Å². The monoisotopic (exact) mass is 245 g/mol. The fourth-order valence-corrected chi connectivity index (χ4v) is 2.60. The smallest absolute Gasteiger partial charge is 0.147 e. The van der Waals surface area contributed by atoms with Crippen molar-refractivity contribution in [1.82, 2.24) is 5.16 Å². The van der Waals surface area contributed by atoms with Gasteiger partial charge in [0.05, 0.1) is 0 Å². The second-order valence-electron chi connectivity index (χ2n) is 5.05. The lowest BCUT2D eigenvalue weighted by Gasteiger charge is -2.12. The highest BCUT2D eigenvalue weighted by Crippen LogP contribution is 2.32. The summed E-state index contributed by atoms with van der Waals surface area (Å²) < 4.78 is 5.61. The molecule has 0 amide bonds. The Labute approximate surface area is 109 Å². The Morgan fingerprint density at radius 3 is 2.67 bits per heavy atom. The van der Waals surface area contributed by atoms with Gasteiger partial charge in [0.1, 0.15) is 11.3 Å². The van der Waals surface area contributed by atoms with Crippen molar-refractivity contribution in [3.05, 3.63) is 30.0 Å². The lowest BCUT2D eigenvalue weighted by atomic mass is 9.92. The van der Waals surface area contributed by atoms with E-state index in [-0.39, 0.29) is 0 Å². The van der Waals surface area contributed by atoms with E-state index in [1.54, 1.807) is 0 Å². The van der Waals surface area contributed by atoms with E-state index in [1.165, 1.54) is 43.9 Å². The van der Waals surface area contributed by atoms with E-state index in [2.05, 4.69) is 31.1 Å². The average Bonchev–Trinajstić information content (AvgIpc) is 2.82. The molecule has 0 radical (unpaired) electrons. The highest BCUT2D eigenvalue weighted by Gasteiger charge is 2.18. The number of nitrogens with zero attached hydrogens (tertiary/aromatic N) is 1. The van der Waals surface area contributed by atoms with E-state index >= 15 is 0 Å². The molecular weight excluding hydrogens is 222 g/mol. The molecule has 0 aliphatic carbocycles. The zero-order chi connectivity index (χ0) is 12.8. The van der Waals surface area contributed by atoms with Crippen molar-refractivity contribution in [2.45, 2.75) is 58.3 Å². The van der Waals surface area contributed by atoms with Crippen LogP contribution in [0.1, 0.15) is 64.1 Å². The maximum absolute atomic E-state index is 5.61. The summed E-state index contributed by atoms with van der Waals surface area (Å²) in [4.78, 5) is 0. The first kappa shape index (κ1) is 13.1. The Hall–Kier alpha value is -1.31. The van der Waals surface area contributed by atoms with Crippen LogP contribution in [-0.2, 0) is 0 Å². The van der Waals surface area contributed by atoms with Crippen molar-refractivity contribution in [2.75, 3.05) is 0 Å². The Morgan fingerprint density at radius 2 is 1.89 bits per heavy atom. The van der Waals surface area contributed by atoms with Gasteiger partial charge in [0, 0.05) is 11.3 Å². The predicted molar refractivity (Wildman–Crippen MR) is 75.8 cm³/mol. The Kier molecular flexibility index (Phi) is 4.80. The number of fused-ring (bicyclic) bond motifs is 1. The summed E-state index contributed by atoms with van der Waals surface area (Å²) in [5.41, 5.74) is 0.990. The van der Waals surface area contributed by atoms with Crippen molar-refractivity contribution in [3.8, 4) is 0 Å². The van der Waals surface area contributed by atoms with Gasteiger partial charge in [-0.3, -0.25) is 0 Å². The van der Waals surface area contributed by atoms with Crippen LogP contribution in [-0.4, -0.2) is 5.16 Å². The van der Waals surface area contributed by atoms with E-state index in [9.17, 15) is 0 Å².